The second-order valence-corrected chi connectivity index (χ2v) is 7.65. The van der Waals surface area contributed by atoms with Gasteiger partial charge in [0.1, 0.15) is 17.3 Å². The molecule has 0 radical (unpaired) electrons. The van der Waals surface area contributed by atoms with Gasteiger partial charge in [0.25, 0.3) is 5.91 Å². The lowest BCUT2D eigenvalue weighted by Crippen LogP contribution is -2.41. The first-order valence-electron chi connectivity index (χ1n) is 9.40. The van der Waals surface area contributed by atoms with Crippen LogP contribution in [0.4, 0.5) is 0 Å². The van der Waals surface area contributed by atoms with E-state index in [9.17, 15) is 4.79 Å². The minimum atomic E-state index is -0.154. The zero-order valence-corrected chi connectivity index (χ0v) is 18.1. The molecule has 0 saturated carbocycles. The minimum absolute atomic E-state index is 0. The summed E-state index contributed by atoms with van der Waals surface area (Å²) >= 11 is 6.14. The number of methoxy groups -OCH3 is 1. The number of hydrogen-bond acceptors (Lipinski definition) is 4. The number of aryl methyl sites for hydroxylation is 1. The fourth-order valence-corrected chi connectivity index (χ4v) is 3.74. The Morgan fingerprint density at radius 3 is 2.61 bits per heavy atom. The number of nitrogens with one attached hydrogen (secondary N) is 1. The maximum absolute atomic E-state index is 12.6. The summed E-state index contributed by atoms with van der Waals surface area (Å²) in [5.74, 6) is 2.93. The van der Waals surface area contributed by atoms with Crippen LogP contribution in [-0.4, -0.2) is 37.6 Å². The number of halogens is 2. The predicted molar refractivity (Wildman–Crippen MR) is 114 cm³/mol. The number of hydrogen-bond donors (Lipinski definition) is 1. The highest BCUT2D eigenvalue weighted by atomic mass is 35.5. The third-order valence-electron chi connectivity index (χ3n) is 5.22. The molecule has 1 fully saturated rings. The van der Waals surface area contributed by atoms with Gasteiger partial charge in [0.05, 0.1) is 18.2 Å². The van der Waals surface area contributed by atoms with Crippen LogP contribution in [0.5, 0.6) is 5.75 Å². The first kappa shape index (κ1) is 22.6. The number of amides is 1. The Morgan fingerprint density at radius 2 is 2.04 bits per heavy atom. The van der Waals surface area contributed by atoms with Crippen molar-refractivity contribution < 1.29 is 13.9 Å². The number of benzene rings is 1. The molecule has 0 spiro atoms. The van der Waals surface area contributed by atoms with Crippen molar-refractivity contribution in [1.82, 2.24) is 10.2 Å². The fourth-order valence-electron chi connectivity index (χ4n) is 3.48. The van der Waals surface area contributed by atoms with Crippen LogP contribution in [0.1, 0.15) is 47.7 Å². The van der Waals surface area contributed by atoms with E-state index in [0.29, 0.717) is 22.9 Å². The van der Waals surface area contributed by atoms with E-state index in [2.05, 4.69) is 17.1 Å². The van der Waals surface area contributed by atoms with E-state index in [-0.39, 0.29) is 24.4 Å². The van der Waals surface area contributed by atoms with Crippen molar-refractivity contribution in [3.63, 3.8) is 0 Å². The third kappa shape index (κ3) is 5.43. The van der Waals surface area contributed by atoms with Crippen molar-refractivity contribution >= 4 is 29.9 Å². The first-order valence-corrected chi connectivity index (χ1v) is 9.78. The zero-order valence-electron chi connectivity index (χ0n) is 16.5. The number of likely N-dealkylation sites (tertiary alicyclic amines) is 1. The third-order valence-corrected chi connectivity index (χ3v) is 5.51. The molecule has 28 heavy (non-hydrogen) atoms. The Morgan fingerprint density at radius 1 is 1.32 bits per heavy atom. The van der Waals surface area contributed by atoms with Crippen molar-refractivity contribution in [2.45, 2.75) is 32.7 Å². The lowest BCUT2D eigenvalue weighted by Gasteiger charge is -2.35. The average molecular weight is 427 g/mol. The zero-order chi connectivity index (χ0) is 19.4. The summed E-state index contributed by atoms with van der Waals surface area (Å²) in [6.07, 6.45) is 2.33. The van der Waals surface area contributed by atoms with Gasteiger partial charge in [0.2, 0.25) is 0 Å². The van der Waals surface area contributed by atoms with Crippen molar-refractivity contribution in [3.8, 4) is 5.75 Å². The molecule has 1 aliphatic rings. The van der Waals surface area contributed by atoms with E-state index in [1.165, 1.54) is 0 Å². The van der Waals surface area contributed by atoms with Gasteiger partial charge in [0, 0.05) is 12.1 Å². The molecule has 1 unspecified atom stereocenters. The Kier molecular flexibility index (Phi) is 8.23. The van der Waals surface area contributed by atoms with Gasteiger partial charge in [-0.25, -0.2) is 0 Å². The number of carbonyl (C=O) groups is 1. The van der Waals surface area contributed by atoms with Crippen molar-refractivity contribution in [2.75, 3.05) is 26.7 Å². The standard InChI is InChI=1S/C21H27ClN2O3.ClH/c1-14-8-10-24(11-9-14)18(20-6-4-15(2)27-20)13-23-21(25)16-5-7-19(26-3)17(22)12-16;/h4-7,12,14,18H,8-11,13H2,1-3H3,(H,23,25);1H. The number of ether oxygens (including phenoxy) is 1. The Labute approximate surface area is 177 Å². The van der Waals surface area contributed by atoms with Crippen LogP contribution >= 0.6 is 24.0 Å². The van der Waals surface area contributed by atoms with E-state index in [4.69, 9.17) is 20.8 Å². The van der Waals surface area contributed by atoms with E-state index in [1.54, 1.807) is 25.3 Å². The van der Waals surface area contributed by atoms with Crippen LogP contribution in [0.15, 0.2) is 34.7 Å². The van der Waals surface area contributed by atoms with Gasteiger partial charge >= 0.3 is 0 Å². The fraction of sp³-hybridized carbons (Fsp3) is 0.476. The molecule has 2 aromatic rings. The summed E-state index contributed by atoms with van der Waals surface area (Å²) in [7, 11) is 1.55. The predicted octanol–water partition coefficient (Wildman–Crippen LogP) is 4.87. The SMILES string of the molecule is COc1ccc(C(=O)NCC(c2ccc(C)o2)N2CCC(C)CC2)cc1Cl.Cl. The molecule has 1 N–H and O–H groups in total. The van der Waals surface area contributed by atoms with Crippen LogP contribution in [0.3, 0.4) is 0 Å². The molecule has 1 amide bonds. The first-order chi connectivity index (χ1) is 13.0. The van der Waals surface area contributed by atoms with Gasteiger partial charge in [-0.05, 0) is 69.1 Å². The molecule has 0 aliphatic carbocycles. The highest BCUT2D eigenvalue weighted by Gasteiger charge is 2.27. The molecule has 0 bridgehead atoms. The lowest BCUT2D eigenvalue weighted by molar-refractivity contribution is 0.0895. The maximum atomic E-state index is 12.6. The van der Waals surface area contributed by atoms with E-state index >= 15 is 0 Å². The molecular formula is C21H28Cl2N2O3. The maximum Gasteiger partial charge on any atom is 0.251 e. The number of piperidine rings is 1. The number of rotatable bonds is 6. The van der Waals surface area contributed by atoms with Gasteiger partial charge < -0.3 is 14.5 Å². The molecule has 1 aromatic heterocycles. The monoisotopic (exact) mass is 426 g/mol. The Hall–Kier alpha value is -1.69. The van der Waals surface area contributed by atoms with Crippen LogP contribution < -0.4 is 10.1 Å². The molecule has 1 aliphatic heterocycles. The summed E-state index contributed by atoms with van der Waals surface area (Å²) in [5, 5.41) is 3.46. The van der Waals surface area contributed by atoms with Crippen molar-refractivity contribution in [1.29, 1.82) is 0 Å². The van der Waals surface area contributed by atoms with Gasteiger partial charge in [-0.2, -0.15) is 0 Å². The average Bonchev–Trinajstić information content (AvgIpc) is 3.09. The molecule has 1 saturated heterocycles. The molecule has 2 heterocycles. The summed E-state index contributed by atoms with van der Waals surface area (Å²) in [6.45, 7) is 6.74. The summed E-state index contributed by atoms with van der Waals surface area (Å²) in [6, 6.07) is 9.06. The normalized spacial score (nSPS) is 16.3. The second-order valence-electron chi connectivity index (χ2n) is 7.24. The largest absolute Gasteiger partial charge is 0.495 e. The molecule has 1 aromatic carbocycles. The van der Waals surface area contributed by atoms with Gasteiger partial charge in [0.15, 0.2) is 0 Å². The molecule has 7 heteroatoms. The Balaban J connectivity index is 0.00000280. The second kappa shape index (κ2) is 10.2. The number of nitrogens with zero attached hydrogens (tertiary/aromatic N) is 1. The molecule has 1 atom stereocenters. The van der Waals surface area contributed by atoms with Crippen LogP contribution in [-0.2, 0) is 0 Å². The van der Waals surface area contributed by atoms with E-state index < -0.39 is 0 Å². The van der Waals surface area contributed by atoms with Gasteiger partial charge in [-0.3, -0.25) is 9.69 Å². The van der Waals surface area contributed by atoms with Crippen molar-refractivity contribution in [2.24, 2.45) is 5.92 Å². The lowest BCUT2D eigenvalue weighted by atomic mass is 9.97. The van der Waals surface area contributed by atoms with Crippen LogP contribution in [0.2, 0.25) is 5.02 Å². The molecule has 154 valence electrons. The number of furan rings is 1. The van der Waals surface area contributed by atoms with E-state index in [0.717, 1.165) is 43.4 Å². The smallest absolute Gasteiger partial charge is 0.251 e. The van der Waals surface area contributed by atoms with Gasteiger partial charge in [-0.1, -0.05) is 18.5 Å². The van der Waals surface area contributed by atoms with Gasteiger partial charge in [-0.15, -0.1) is 12.4 Å². The molecule has 3 rings (SSSR count). The summed E-state index contributed by atoms with van der Waals surface area (Å²) in [5.41, 5.74) is 0.516. The van der Waals surface area contributed by atoms with E-state index in [1.807, 2.05) is 19.1 Å². The summed E-state index contributed by atoms with van der Waals surface area (Å²) in [4.78, 5) is 15.0. The molecule has 5 nitrogen and oxygen atoms in total. The number of carbonyl (C=O) groups excluding carboxylic acids is 1. The Bertz CT molecular complexity index is 786. The molecular weight excluding hydrogens is 399 g/mol. The highest BCUT2D eigenvalue weighted by Crippen LogP contribution is 2.28. The van der Waals surface area contributed by atoms with Crippen LogP contribution in [0.25, 0.3) is 0 Å². The van der Waals surface area contributed by atoms with Crippen LogP contribution in [0, 0.1) is 12.8 Å². The highest BCUT2D eigenvalue weighted by molar-refractivity contribution is 6.32. The minimum Gasteiger partial charge on any atom is -0.495 e. The summed E-state index contributed by atoms with van der Waals surface area (Å²) < 4.78 is 11.0. The van der Waals surface area contributed by atoms with Crippen molar-refractivity contribution in [3.05, 3.63) is 52.4 Å². The quantitative estimate of drug-likeness (QED) is 0.715. The topological polar surface area (TPSA) is 54.7 Å².